The summed E-state index contributed by atoms with van der Waals surface area (Å²) < 4.78 is 2.13. The van der Waals surface area contributed by atoms with Crippen LogP contribution >= 0.6 is 0 Å². The van der Waals surface area contributed by atoms with E-state index < -0.39 is 5.91 Å². The number of nitrogens with zero attached hydrogens (tertiary/aromatic N) is 3. The zero-order valence-corrected chi connectivity index (χ0v) is 19.3. The topological polar surface area (TPSA) is 61.1 Å². The highest BCUT2D eigenvalue weighted by atomic mass is 16.1. The molecule has 5 nitrogen and oxygen atoms in total. The number of anilines is 2. The summed E-state index contributed by atoms with van der Waals surface area (Å²) in [6, 6.07) is 26.0. The monoisotopic (exact) mass is 434 g/mol. The van der Waals surface area contributed by atoms with Crippen molar-refractivity contribution in [1.29, 1.82) is 5.26 Å². The van der Waals surface area contributed by atoms with Crippen LogP contribution in [0.3, 0.4) is 0 Å². The minimum absolute atomic E-state index is 0.0614. The van der Waals surface area contributed by atoms with Crippen molar-refractivity contribution in [3.63, 3.8) is 0 Å². The van der Waals surface area contributed by atoms with E-state index in [2.05, 4.69) is 45.1 Å². The highest BCUT2D eigenvalue weighted by Gasteiger charge is 2.14. The molecule has 164 valence electrons. The smallest absolute Gasteiger partial charge is 0.266 e. The van der Waals surface area contributed by atoms with Gasteiger partial charge in [-0.1, -0.05) is 30.3 Å². The van der Waals surface area contributed by atoms with E-state index in [4.69, 9.17) is 0 Å². The molecule has 3 aromatic carbocycles. The Morgan fingerprint density at radius 2 is 1.67 bits per heavy atom. The first kappa shape index (κ1) is 21.9. The van der Waals surface area contributed by atoms with E-state index in [1.807, 2.05) is 76.5 Å². The average molecular weight is 435 g/mol. The van der Waals surface area contributed by atoms with Crippen molar-refractivity contribution in [2.75, 3.05) is 24.3 Å². The molecule has 0 saturated heterocycles. The minimum atomic E-state index is -0.423. The molecule has 0 saturated carbocycles. The fraction of sp³-hybridized carbons (Fsp3) is 0.143. The standard InChI is InChI=1S/C28H26N4O/c1-19-15-23(20(2)32(19)27-13-11-26(12-14-27)31(3)4)16-24(18-29)28(33)30-25-10-9-21-7-5-6-8-22(21)17-25/h5-17H,1-4H3,(H,30,33). The number of nitriles is 1. The Morgan fingerprint density at radius 1 is 0.970 bits per heavy atom. The highest BCUT2D eigenvalue weighted by molar-refractivity contribution is 6.10. The predicted octanol–water partition coefficient (Wildman–Crippen LogP) is 5.86. The molecular weight excluding hydrogens is 408 g/mol. The van der Waals surface area contributed by atoms with Crippen LogP contribution in [0.15, 0.2) is 78.4 Å². The van der Waals surface area contributed by atoms with Crippen LogP contribution in [0.2, 0.25) is 0 Å². The van der Waals surface area contributed by atoms with E-state index in [9.17, 15) is 10.1 Å². The van der Waals surface area contributed by atoms with Crippen LogP contribution in [0.1, 0.15) is 17.0 Å². The maximum Gasteiger partial charge on any atom is 0.266 e. The summed E-state index contributed by atoms with van der Waals surface area (Å²) in [6.45, 7) is 4.01. The quantitative estimate of drug-likeness (QED) is 0.316. The number of benzene rings is 3. The number of fused-ring (bicyclic) bond motifs is 1. The van der Waals surface area contributed by atoms with E-state index in [-0.39, 0.29) is 5.57 Å². The molecule has 0 aliphatic rings. The van der Waals surface area contributed by atoms with Gasteiger partial charge in [-0.2, -0.15) is 5.26 Å². The van der Waals surface area contributed by atoms with Gasteiger partial charge in [-0.05, 0) is 78.7 Å². The van der Waals surface area contributed by atoms with Gasteiger partial charge < -0.3 is 14.8 Å². The first-order valence-corrected chi connectivity index (χ1v) is 10.8. The van der Waals surface area contributed by atoms with E-state index in [1.165, 1.54) is 0 Å². The Labute approximate surface area is 194 Å². The molecule has 1 amide bonds. The van der Waals surface area contributed by atoms with Crippen molar-refractivity contribution in [3.8, 4) is 11.8 Å². The molecule has 5 heteroatoms. The molecule has 0 bridgehead atoms. The molecule has 33 heavy (non-hydrogen) atoms. The SMILES string of the molecule is Cc1cc(C=C(C#N)C(=O)Nc2ccc3ccccc3c2)c(C)n1-c1ccc(N(C)C)cc1. The van der Waals surface area contributed by atoms with Crippen molar-refractivity contribution < 1.29 is 4.79 Å². The van der Waals surface area contributed by atoms with Crippen molar-refractivity contribution in [2.45, 2.75) is 13.8 Å². The maximum absolute atomic E-state index is 12.8. The Hall–Kier alpha value is -4.30. The van der Waals surface area contributed by atoms with Gasteiger partial charge in [0.1, 0.15) is 11.6 Å². The Kier molecular flexibility index (Phi) is 6.01. The Bertz CT molecular complexity index is 1400. The summed E-state index contributed by atoms with van der Waals surface area (Å²) in [4.78, 5) is 14.9. The number of carbonyl (C=O) groups excluding carboxylic acids is 1. The lowest BCUT2D eigenvalue weighted by Crippen LogP contribution is -2.13. The van der Waals surface area contributed by atoms with Crippen LogP contribution in [-0.2, 0) is 4.79 Å². The van der Waals surface area contributed by atoms with Gasteiger partial charge in [0.15, 0.2) is 0 Å². The van der Waals surface area contributed by atoms with Gasteiger partial charge >= 0.3 is 0 Å². The molecule has 4 aromatic rings. The molecule has 0 aliphatic heterocycles. The largest absolute Gasteiger partial charge is 0.378 e. The van der Waals surface area contributed by atoms with Crippen LogP contribution in [0.25, 0.3) is 22.5 Å². The molecule has 0 aliphatic carbocycles. The summed E-state index contributed by atoms with van der Waals surface area (Å²) in [5, 5.41) is 14.7. The fourth-order valence-corrected chi connectivity index (χ4v) is 4.00. The van der Waals surface area contributed by atoms with Crippen LogP contribution < -0.4 is 10.2 Å². The third kappa shape index (κ3) is 4.51. The third-order valence-corrected chi connectivity index (χ3v) is 5.77. The predicted molar refractivity (Wildman–Crippen MR) is 136 cm³/mol. The number of hydrogen-bond donors (Lipinski definition) is 1. The normalized spacial score (nSPS) is 11.3. The van der Waals surface area contributed by atoms with Gasteiger partial charge in [0, 0.05) is 42.5 Å². The van der Waals surface area contributed by atoms with E-state index >= 15 is 0 Å². The fourth-order valence-electron chi connectivity index (χ4n) is 4.00. The lowest BCUT2D eigenvalue weighted by molar-refractivity contribution is -0.112. The molecule has 0 atom stereocenters. The molecule has 0 unspecified atom stereocenters. The van der Waals surface area contributed by atoms with Gasteiger partial charge in [0.25, 0.3) is 5.91 Å². The lowest BCUT2D eigenvalue weighted by Gasteiger charge is -2.15. The van der Waals surface area contributed by atoms with Crippen LogP contribution in [0.5, 0.6) is 0 Å². The molecule has 1 heterocycles. The average Bonchev–Trinajstić information content (AvgIpc) is 3.09. The molecule has 0 radical (unpaired) electrons. The van der Waals surface area contributed by atoms with E-state index in [0.29, 0.717) is 5.69 Å². The summed E-state index contributed by atoms with van der Waals surface area (Å²) >= 11 is 0. The maximum atomic E-state index is 12.8. The molecule has 0 spiro atoms. The number of hydrogen-bond acceptors (Lipinski definition) is 3. The minimum Gasteiger partial charge on any atom is -0.378 e. The summed E-state index contributed by atoms with van der Waals surface area (Å²) in [6.07, 6.45) is 1.66. The third-order valence-electron chi connectivity index (χ3n) is 5.77. The van der Waals surface area contributed by atoms with Crippen molar-refractivity contribution in [1.82, 2.24) is 4.57 Å². The van der Waals surface area contributed by atoms with Crippen molar-refractivity contribution >= 4 is 34.1 Å². The van der Waals surface area contributed by atoms with E-state index in [0.717, 1.165) is 39.1 Å². The summed E-state index contributed by atoms with van der Waals surface area (Å²) in [7, 11) is 4.02. The molecule has 4 rings (SSSR count). The zero-order chi connectivity index (χ0) is 23.5. The first-order valence-electron chi connectivity index (χ1n) is 10.8. The van der Waals surface area contributed by atoms with Crippen molar-refractivity contribution in [3.05, 3.63) is 95.3 Å². The van der Waals surface area contributed by atoms with Gasteiger partial charge in [0.05, 0.1) is 0 Å². The summed E-state index contributed by atoms with van der Waals surface area (Å²) in [5.41, 5.74) is 5.72. The molecule has 0 fully saturated rings. The van der Waals surface area contributed by atoms with Gasteiger partial charge in [0.2, 0.25) is 0 Å². The van der Waals surface area contributed by atoms with Crippen LogP contribution in [0.4, 0.5) is 11.4 Å². The number of amides is 1. The number of aromatic nitrogens is 1. The number of nitrogens with one attached hydrogen (secondary N) is 1. The highest BCUT2D eigenvalue weighted by Crippen LogP contribution is 2.25. The molecule has 1 aromatic heterocycles. The van der Waals surface area contributed by atoms with Gasteiger partial charge in [-0.3, -0.25) is 4.79 Å². The van der Waals surface area contributed by atoms with Crippen molar-refractivity contribution in [2.24, 2.45) is 0 Å². The second-order valence-corrected chi connectivity index (χ2v) is 8.26. The number of carbonyl (C=O) groups is 1. The zero-order valence-electron chi connectivity index (χ0n) is 19.3. The second kappa shape index (κ2) is 9.05. The first-order chi connectivity index (χ1) is 15.9. The summed E-state index contributed by atoms with van der Waals surface area (Å²) in [5.74, 6) is -0.423. The van der Waals surface area contributed by atoms with Gasteiger partial charge in [-0.15, -0.1) is 0 Å². The molecule has 1 N–H and O–H groups in total. The van der Waals surface area contributed by atoms with E-state index in [1.54, 1.807) is 6.08 Å². The van der Waals surface area contributed by atoms with Crippen LogP contribution in [-0.4, -0.2) is 24.6 Å². The number of aryl methyl sites for hydroxylation is 1. The van der Waals surface area contributed by atoms with Gasteiger partial charge in [-0.25, -0.2) is 0 Å². The van der Waals surface area contributed by atoms with Crippen LogP contribution in [0, 0.1) is 25.2 Å². The number of rotatable bonds is 5. The Balaban J connectivity index is 1.61. The Morgan fingerprint density at radius 3 is 2.33 bits per heavy atom. The lowest BCUT2D eigenvalue weighted by atomic mass is 10.1. The molecular formula is C28H26N4O. The second-order valence-electron chi connectivity index (χ2n) is 8.26.